The minimum Gasteiger partial charge on any atom is -0.374 e. The molecule has 0 bridgehead atoms. The van der Waals surface area contributed by atoms with E-state index in [0.29, 0.717) is 6.61 Å². The van der Waals surface area contributed by atoms with E-state index < -0.39 is 16.8 Å². The molecule has 2 atom stereocenters. The van der Waals surface area contributed by atoms with Gasteiger partial charge in [0.05, 0.1) is 18.8 Å². The first-order valence-electron chi connectivity index (χ1n) is 9.26. The van der Waals surface area contributed by atoms with Gasteiger partial charge < -0.3 is 33.2 Å². The van der Waals surface area contributed by atoms with Crippen LogP contribution < -0.4 is 0 Å². The fraction of sp³-hybridized carbons (Fsp3) is 0.714. The second-order valence-electron chi connectivity index (χ2n) is 7.41. The summed E-state index contributed by atoms with van der Waals surface area (Å²) in [5, 5.41) is 0. The van der Waals surface area contributed by atoms with Crippen LogP contribution in [0.1, 0.15) is 33.3 Å². The van der Waals surface area contributed by atoms with Gasteiger partial charge in [0.25, 0.3) is 0 Å². The molecule has 1 aromatic rings. The fourth-order valence-corrected chi connectivity index (χ4v) is 2.93. The zero-order valence-corrected chi connectivity index (χ0v) is 18.3. The van der Waals surface area contributed by atoms with Crippen LogP contribution in [0.5, 0.6) is 0 Å². The third-order valence-electron chi connectivity index (χ3n) is 5.15. The Kier molecular flexibility index (Phi) is 10.5. The van der Waals surface area contributed by atoms with Gasteiger partial charge in [0, 0.05) is 21.3 Å². The second kappa shape index (κ2) is 11.8. The summed E-state index contributed by atoms with van der Waals surface area (Å²) in [7, 11) is 4.72. The minimum absolute atomic E-state index is 0.0703. The summed E-state index contributed by atoms with van der Waals surface area (Å²) in [6.07, 6.45) is 0. The highest BCUT2D eigenvalue weighted by atomic mass is 16.7. The molecular formula is C21H36O7. The molecule has 0 spiro atoms. The zero-order valence-electron chi connectivity index (χ0n) is 18.3. The summed E-state index contributed by atoms with van der Waals surface area (Å²) >= 11 is 0. The molecule has 7 heteroatoms. The molecule has 0 fully saturated rings. The predicted molar refractivity (Wildman–Crippen MR) is 106 cm³/mol. The van der Waals surface area contributed by atoms with Crippen molar-refractivity contribution in [3.63, 3.8) is 0 Å². The van der Waals surface area contributed by atoms with Gasteiger partial charge in [-0.05, 0) is 33.3 Å². The Balaban J connectivity index is 3.08. The topological polar surface area (TPSA) is 64.6 Å². The van der Waals surface area contributed by atoms with Crippen LogP contribution >= 0.6 is 0 Å². The van der Waals surface area contributed by atoms with Gasteiger partial charge in [-0.1, -0.05) is 30.3 Å². The van der Waals surface area contributed by atoms with Crippen molar-refractivity contribution in [2.75, 3.05) is 48.3 Å². The molecule has 7 nitrogen and oxygen atoms in total. The van der Waals surface area contributed by atoms with Crippen LogP contribution in [0, 0.1) is 0 Å². The van der Waals surface area contributed by atoms with Crippen LogP contribution in [0.2, 0.25) is 0 Å². The van der Waals surface area contributed by atoms with Crippen molar-refractivity contribution in [2.24, 2.45) is 0 Å². The van der Waals surface area contributed by atoms with Crippen LogP contribution in [0.25, 0.3) is 0 Å². The van der Waals surface area contributed by atoms with Gasteiger partial charge in [-0.3, -0.25) is 0 Å². The van der Waals surface area contributed by atoms with Crippen molar-refractivity contribution in [1.29, 1.82) is 0 Å². The molecule has 0 saturated heterocycles. The van der Waals surface area contributed by atoms with Crippen LogP contribution in [0.3, 0.4) is 0 Å². The first-order chi connectivity index (χ1) is 13.3. The van der Waals surface area contributed by atoms with Gasteiger partial charge in [-0.2, -0.15) is 0 Å². The lowest BCUT2D eigenvalue weighted by Crippen LogP contribution is -2.68. The van der Waals surface area contributed by atoms with E-state index in [4.69, 9.17) is 33.2 Å². The smallest absolute Gasteiger partial charge is 0.147 e. The molecular weight excluding hydrogens is 364 g/mol. The van der Waals surface area contributed by atoms with Crippen molar-refractivity contribution in [1.82, 2.24) is 0 Å². The number of rotatable bonds is 15. The molecule has 162 valence electrons. The summed E-state index contributed by atoms with van der Waals surface area (Å²) in [5.74, 6) is 0. The number of hydrogen-bond acceptors (Lipinski definition) is 7. The van der Waals surface area contributed by atoms with Gasteiger partial charge in [-0.25, -0.2) is 0 Å². The molecule has 0 aliphatic carbocycles. The van der Waals surface area contributed by atoms with E-state index in [1.807, 2.05) is 58.0 Å². The van der Waals surface area contributed by atoms with Crippen LogP contribution in [-0.2, 0) is 39.8 Å². The highest BCUT2D eigenvalue weighted by molar-refractivity contribution is 5.13. The predicted octanol–water partition coefficient (Wildman–Crippen LogP) is 3.36. The van der Waals surface area contributed by atoms with E-state index in [9.17, 15) is 0 Å². The second-order valence-corrected chi connectivity index (χ2v) is 7.41. The number of benzene rings is 1. The summed E-state index contributed by atoms with van der Waals surface area (Å²) in [6, 6.07) is 9.96. The summed E-state index contributed by atoms with van der Waals surface area (Å²) in [4.78, 5) is 0. The average Bonchev–Trinajstić information content (AvgIpc) is 2.69. The molecule has 0 saturated carbocycles. The standard InChI is InChI=1S/C21H36O7/c1-19(2,26-15-22-5)21(4,28-17-24-7)20(3,27-16-23-6)14-25-13-18-11-9-8-10-12-18/h8-12H,13-17H2,1-7H3. The molecule has 1 aromatic carbocycles. The molecule has 2 unspecified atom stereocenters. The largest absolute Gasteiger partial charge is 0.374 e. The SMILES string of the molecule is COCOC(C)(C)C(C)(OCOC)C(C)(COCc1ccccc1)OCOC. The van der Waals surface area contributed by atoms with E-state index in [1.165, 1.54) is 0 Å². The van der Waals surface area contributed by atoms with Crippen molar-refractivity contribution < 1.29 is 33.2 Å². The van der Waals surface area contributed by atoms with E-state index in [1.54, 1.807) is 21.3 Å². The van der Waals surface area contributed by atoms with E-state index in [2.05, 4.69) is 0 Å². The first kappa shape index (κ1) is 25.0. The molecule has 0 N–H and O–H groups in total. The van der Waals surface area contributed by atoms with Gasteiger partial charge in [0.15, 0.2) is 0 Å². The molecule has 0 heterocycles. The quantitative estimate of drug-likeness (QED) is 0.418. The summed E-state index contributed by atoms with van der Waals surface area (Å²) in [5.41, 5.74) is -1.58. The van der Waals surface area contributed by atoms with E-state index >= 15 is 0 Å². The lowest BCUT2D eigenvalue weighted by molar-refractivity contribution is -0.321. The molecule has 1 rings (SSSR count). The third-order valence-corrected chi connectivity index (χ3v) is 5.15. The Morgan fingerprint density at radius 3 is 1.82 bits per heavy atom. The molecule has 0 aliphatic rings. The van der Waals surface area contributed by atoms with E-state index in [0.717, 1.165) is 5.56 Å². The van der Waals surface area contributed by atoms with Crippen molar-refractivity contribution in [3.8, 4) is 0 Å². The fourth-order valence-electron chi connectivity index (χ4n) is 2.93. The van der Waals surface area contributed by atoms with Crippen molar-refractivity contribution >= 4 is 0 Å². The maximum absolute atomic E-state index is 6.14. The van der Waals surface area contributed by atoms with Crippen molar-refractivity contribution in [3.05, 3.63) is 35.9 Å². The summed E-state index contributed by atoms with van der Waals surface area (Å²) in [6.45, 7) is 8.66. The molecule has 0 aliphatic heterocycles. The van der Waals surface area contributed by atoms with Gasteiger partial charge in [-0.15, -0.1) is 0 Å². The Bertz CT molecular complexity index is 537. The minimum atomic E-state index is -0.955. The number of methoxy groups -OCH3 is 3. The van der Waals surface area contributed by atoms with Crippen LogP contribution in [0.4, 0.5) is 0 Å². The molecule has 0 aromatic heterocycles. The maximum atomic E-state index is 6.14. The Hall–Kier alpha value is -1.06. The normalized spacial score (nSPS) is 16.5. The molecule has 0 amide bonds. The van der Waals surface area contributed by atoms with Crippen molar-refractivity contribution in [2.45, 2.75) is 51.1 Å². The van der Waals surface area contributed by atoms with Gasteiger partial charge in [0.2, 0.25) is 0 Å². The lowest BCUT2D eigenvalue weighted by atomic mass is 9.74. The lowest BCUT2D eigenvalue weighted by Gasteiger charge is -2.52. The zero-order chi connectivity index (χ0) is 21.1. The maximum Gasteiger partial charge on any atom is 0.147 e. The Morgan fingerprint density at radius 2 is 1.25 bits per heavy atom. The Morgan fingerprint density at radius 1 is 0.714 bits per heavy atom. The molecule has 0 radical (unpaired) electrons. The first-order valence-corrected chi connectivity index (χ1v) is 9.26. The molecule has 28 heavy (non-hydrogen) atoms. The van der Waals surface area contributed by atoms with Crippen LogP contribution in [-0.4, -0.2) is 65.1 Å². The summed E-state index contributed by atoms with van der Waals surface area (Å²) < 4.78 is 39.7. The van der Waals surface area contributed by atoms with Gasteiger partial charge in [0.1, 0.15) is 31.6 Å². The average molecular weight is 401 g/mol. The number of hydrogen-bond donors (Lipinski definition) is 0. The van der Waals surface area contributed by atoms with Gasteiger partial charge >= 0.3 is 0 Å². The number of ether oxygens (including phenoxy) is 7. The highest BCUT2D eigenvalue weighted by Gasteiger charge is 2.57. The Labute approximate surface area is 169 Å². The van der Waals surface area contributed by atoms with Crippen LogP contribution in [0.15, 0.2) is 30.3 Å². The highest BCUT2D eigenvalue weighted by Crippen LogP contribution is 2.41. The monoisotopic (exact) mass is 400 g/mol. The van der Waals surface area contributed by atoms with E-state index in [-0.39, 0.29) is 27.0 Å². The third kappa shape index (κ3) is 6.49.